The number of esters is 1. The molecule has 0 saturated heterocycles. The van der Waals surface area contributed by atoms with E-state index in [2.05, 4.69) is 5.10 Å². The van der Waals surface area contributed by atoms with E-state index in [1.54, 1.807) is 12.3 Å². The van der Waals surface area contributed by atoms with Crippen molar-refractivity contribution < 1.29 is 9.53 Å². The van der Waals surface area contributed by atoms with Crippen molar-refractivity contribution in [3.8, 4) is 0 Å². The minimum absolute atomic E-state index is 0.0575. The van der Waals surface area contributed by atoms with Gasteiger partial charge in [0.1, 0.15) is 19.0 Å². The molecule has 1 heterocycles. The number of nitrogen functional groups attached to an aromatic ring is 1. The van der Waals surface area contributed by atoms with Crippen molar-refractivity contribution in [1.82, 2.24) is 9.78 Å². The van der Waals surface area contributed by atoms with Crippen LogP contribution in [0.3, 0.4) is 0 Å². The number of nitrogens with two attached hydrogens (primary N) is 1. The first-order valence-corrected chi connectivity index (χ1v) is 6.63. The Labute approximate surface area is 121 Å². The minimum atomic E-state index is -0.342. The highest BCUT2D eigenvalue weighted by atomic mass is 16.5. The molecule has 2 aromatic carbocycles. The molecule has 5 nitrogen and oxygen atoms in total. The third-order valence-corrected chi connectivity index (χ3v) is 3.22. The van der Waals surface area contributed by atoms with Crippen LogP contribution in [0.5, 0.6) is 0 Å². The average molecular weight is 281 g/mol. The highest BCUT2D eigenvalue weighted by molar-refractivity contribution is 5.85. The molecule has 0 spiro atoms. The molecule has 21 heavy (non-hydrogen) atoms. The first-order chi connectivity index (χ1) is 10.2. The fourth-order valence-corrected chi connectivity index (χ4v) is 2.22. The number of nitrogens with zero attached hydrogens (tertiary/aromatic N) is 2. The Balaban J connectivity index is 1.67. The van der Waals surface area contributed by atoms with Gasteiger partial charge in [-0.25, -0.2) is 0 Å². The summed E-state index contributed by atoms with van der Waals surface area (Å²) in [5.74, 6) is 0.0443. The number of anilines is 1. The third-order valence-electron chi connectivity index (χ3n) is 3.22. The zero-order valence-corrected chi connectivity index (χ0v) is 11.4. The lowest BCUT2D eigenvalue weighted by Gasteiger charge is -2.08. The quantitative estimate of drug-likeness (QED) is 0.745. The summed E-state index contributed by atoms with van der Waals surface area (Å²) in [6.45, 7) is 0.304. The Bertz CT molecular complexity index is 775. The molecule has 1 aromatic heterocycles. The molecular weight excluding hydrogens is 266 g/mol. The summed E-state index contributed by atoms with van der Waals surface area (Å²) >= 11 is 0. The number of aromatic nitrogens is 2. The zero-order valence-electron chi connectivity index (χ0n) is 11.4. The summed E-state index contributed by atoms with van der Waals surface area (Å²) in [5.41, 5.74) is 6.48. The van der Waals surface area contributed by atoms with Gasteiger partial charge < -0.3 is 10.5 Å². The van der Waals surface area contributed by atoms with Gasteiger partial charge in [-0.1, -0.05) is 42.5 Å². The van der Waals surface area contributed by atoms with E-state index in [-0.39, 0.29) is 19.1 Å². The molecule has 0 radical (unpaired) electrons. The molecule has 0 amide bonds. The molecule has 3 rings (SSSR count). The number of carbonyl (C=O) groups is 1. The average Bonchev–Trinajstić information content (AvgIpc) is 2.90. The molecule has 0 unspecified atom stereocenters. The van der Waals surface area contributed by atoms with Gasteiger partial charge in [-0.3, -0.25) is 9.48 Å². The van der Waals surface area contributed by atoms with Gasteiger partial charge >= 0.3 is 5.97 Å². The SMILES string of the molecule is Nc1ccn(CC(=O)OCc2cccc3ccccc23)n1. The lowest BCUT2D eigenvalue weighted by molar-refractivity contribution is -0.145. The smallest absolute Gasteiger partial charge is 0.328 e. The van der Waals surface area contributed by atoms with Crippen molar-refractivity contribution in [3.05, 3.63) is 60.3 Å². The Morgan fingerprint density at radius 1 is 1.14 bits per heavy atom. The van der Waals surface area contributed by atoms with E-state index in [4.69, 9.17) is 10.5 Å². The van der Waals surface area contributed by atoms with E-state index in [0.717, 1.165) is 16.3 Å². The molecule has 0 bridgehead atoms. The summed E-state index contributed by atoms with van der Waals surface area (Å²) in [5, 5.41) is 6.17. The van der Waals surface area contributed by atoms with Crippen molar-refractivity contribution in [2.24, 2.45) is 0 Å². The molecule has 106 valence electrons. The lowest BCUT2D eigenvalue weighted by atomic mass is 10.1. The second-order valence-electron chi connectivity index (χ2n) is 4.74. The van der Waals surface area contributed by atoms with Crippen LogP contribution in [-0.4, -0.2) is 15.7 Å². The van der Waals surface area contributed by atoms with Gasteiger partial charge in [-0.05, 0) is 22.4 Å². The first kappa shape index (κ1) is 13.2. The molecule has 2 N–H and O–H groups in total. The molecule has 0 aliphatic heterocycles. The maximum Gasteiger partial charge on any atom is 0.328 e. The van der Waals surface area contributed by atoms with Crippen LogP contribution in [-0.2, 0) is 22.7 Å². The summed E-state index contributed by atoms with van der Waals surface area (Å²) in [6.07, 6.45) is 1.65. The van der Waals surface area contributed by atoms with Gasteiger partial charge in [0.25, 0.3) is 0 Å². The van der Waals surface area contributed by atoms with E-state index >= 15 is 0 Å². The van der Waals surface area contributed by atoms with Crippen LogP contribution in [0.1, 0.15) is 5.56 Å². The van der Waals surface area contributed by atoms with Crippen LogP contribution >= 0.6 is 0 Å². The molecule has 0 fully saturated rings. The van der Waals surface area contributed by atoms with Gasteiger partial charge in [0.05, 0.1) is 0 Å². The maximum atomic E-state index is 11.8. The molecule has 0 aliphatic rings. The van der Waals surface area contributed by atoms with Crippen LogP contribution in [0.25, 0.3) is 10.8 Å². The van der Waals surface area contributed by atoms with E-state index in [9.17, 15) is 4.79 Å². The highest BCUT2D eigenvalue weighted by Gasteiger charge is 2.07. The summed E-state index contributed by atoms with van der Waals surface area (Å²) in [6, 6.07) is 15.6. The van der Waals surface area contributed by atoms with E-state index < -0.39 is 0 Å². The first-order valence-electron chi connectivity index (χ1n) is 6.63. The number of benzene rings is 2. The maximum absolute atomic E-state index is 11.8. The van der Waals surface area contributed by atoms with Crippen LogP contribution in [0, 0.1) is 0 Å². The third kappa shape index (κ3) is 3.02. The number of ether oxygens (including phenoxy) is 1. The molecule has 0 atom stereocenters. The largest absolute Gasteiger partial charge is 0.459 e. The molecular formula is C16H15N3O2. The van der Waals surface area contributed by atoms with Crippen molar-refractivity contribution in [2.75, 3.05) is 5.73 Å². The summed E-state index contributed by atoms with van der Waals surface area (Å²) in [7, 11) is 0. The number of carbonyl (C=O) groups excluding carboxylic acids is 1. The zero-order chi connectivity index (χ0) is 14.7. The second kappa shape index (κ2) is 5.66. The van der Waals surface area contributed by atoms with Crippen LogP contribution in [0.4, 0.5) is 5.82 Å². The van der Waals surface area contributed by atoms with Gasteiger partial charge in [0, 0.05) is 6.20 Å². The van der Waals surface area contributed by atoms with Crippen molar-refractivity contribution in [3.63, 3.8) is 0 Å². The predicted octanol–water partition coefficient (Wildman–Crippen LogP) is 2.36. The fourth-order valence-electron chi connectivity index (χ4n) is 2.22. The highest BCUT2D eigenvalue weighted by Crippen LogP contribution is 2.19. The lowest BCUT2D eigenvalue weighted by Crippen LogP contribution is -2.14. The van der Waals surface area contributed by atoms with Gasteiger partial charge in [0.2, 0.25) is 0 Å². The van der Waals surface area contributed by atoms with E-state index in [1.807, 2.05) is 42.5 Å². The Kier molecular flexibility index (Phi) is 3.55. The predicted molar refractivity (Wildman–Crippen MR) is 80.4 cm³/mol. The van der Waals surface area contributed by atoms with Crippen molar-refractivity contribution in [1.29, 1.82) is 0 Å². The topological polar surface area (TPSA) is 70.1 Å². The van der Waals surface area contributed by atoms with Crippen LogP contribution in [0.2, 0.25) is 0 Å². The van der Waals surface area contributed by atoms with Gasteiger partial charge in [-0.15, -0.1) is 0 Å². The standard InChI is InChI=1S/C16H15N3O2/c17-15-8-9-19(18-15)10-16(20)21-11-13-6-3-5-12-4-1-2-7-14(12)13/h1-9H,10-11H2,(H2,17,18). The Hall–Kier alpha value is -2.82. The van der Waals surface area contributed by atoms with Crippen molar-refractivity contribution in [2.45, 2.75) is 13.2 Å². The van der Waals surface area contributed by atoms with E-state index in [0.29, 0.717) is 5.82 Å². The summed E-state index contributed by atoms with van der Waals surface area (Å²) in [4.78, 5) is 11.8. The number of rotatable bonds is 4. The number of fused-ring (bicyclic) bond motifs is 1. The second-order valence-corrected chi connectivity index (χ2v) is 4.74. The van der Waals surface area contributed by atoms with Crippen LogP contribution in [0.15, 0.2) is 54.7 Å². The number of hydrogen-bond donors (Lipinski definition) is 1. The molecule has 0 aliphatic carbocycles. The summed E-state index contributed by atoms with van der Waals surface area (Å²) < 4.78 is 6.77. The normalized spacial score (nSPS) is 10.7. The van der Waals surface area contributed by atoms with Gasteiger partial charge in [-0.2, -0.15) is 5.10 Å². The van der Waals surface area contributed by atoms with E-state index in [1.165, 1.54) is 4.68 Å². The fraction of sp³-hybridized carbons (Fsp3) is 0.125. The monoisotopic (exact) mass is 281 g/mol. The molecule has 5 heteroatoms. The Morgan fingerprint density at radius 3 is 2.76 bits per heavy atom. The van der Waals surface area contributed by atoms with Crippen molar-refractivity contribution >= 4 is 22.6 Å². The number of hydrogen-bond acceptors (Lipinski definition) is 4. The van der Waals surface area contributed by atoms with Crippen LogP contribution < -0.4 is 5.73 Å². The Morgan fingerprint density at radius 2 is 1.95 bits per heavy atom. The minimum Gasteiger partial charge on any atom is -0.459 e. The molecule has 0 saturated carbocycles. The van der Waals surface area contributed by atoms with Gasteiger partial charge in [0.15, 0.2) is 0 Å². The molecule has 3 aromatic rings.